The molecular weight excluding hydrogens is 318 g/mol. The largest absolute Gasteiger partial charge is 0.356 e. The highest BCUT2D eigenvalue weighted by Gasteiger charge is 2.14. The summed E-state index contributed by atoms with van der Waals surface area (Å²) in [6.45, 7) is 2.08. The molecule has 1 fully saturated rings. The minimum absolute atomic E-state index is 0.0869. The van der Waals surface area contributed by atoms with Crippen LogP contribution in [0.25, 0.3) is 11.0 Å². The van der Waals surface area contributed by atoms with E-state index in [2.05, 4.69) is 30.5 Å². The van der Waals surface area contributed by atoms with Gasteiger partial charge in [0.2, 0.25) is 5.91 Å². The summed E-state index contributed by atoms with van der Waals surface area (Å²) >= 11 is 0. The van der Waals surface area contributed by atoms with Gasteiger partial charge in [-0.3, -0.25) is 4.79 Å². The quantitative estimate of drug-likeness (QED) is 0.781. The molecule has 1 saturated heterocycles. The van der Waals surface area contributed by atoms with Crippen molar-refractivity contribution < 1.29 is 4.79 Å². The Bertz CT molecular complexity index is 885. The fourth-order valence-corrected chi connectivity index (χ4v) is 3.06. The van der Waals surface area contributed by atoms with E-state index in [1.54, 1.807) is 4.68 Å². The molecule has 8 heteroatoms. The number of piperidine rings is 1. The Kier molecular flexibility index (Phi) is 4.24. The Morgan fingerprint density at radius 1 is 1.12 bits per heavy atom. The monoisotopic (exact) mass is 337 g/mol. The average molecular weight is 337 g/mol. The van der Waals surface area contributed by atoms with E-state index in [9.17, 15) is 4.79 Å². The molecule has 25 heavy (non-hydrogen) atoms. The molecule has 1 aliphatic heterocycles. The molecule has 2 aromatic heterocycles. The molecule has 3 heterocycles. The molecule has 0 aliphatic carbocycles. The van der Waals surface area contributed by atoms with Crippen LogP contribution in [-0.4, -0.2) is 44.0 Å². The fraction of sp³-hybridized carbons (Fsp3) is 0.353. The third-order valence-corrected chi connectivity index (χ3v) is 4.31. The average Bonchev–Trinajstić information content (AvgIpc) is 3.06. The predicted octanol–water partition coefficient (Wildman–Crippen LogP) is 1.85. The van der Waals surface area contributed by atoms with Crippen molar-refractivity contribution in [3.63, 3.8) is 0 Å². The van der Waals surface area contributed by atoms with Gasteiger partial charge in [0.05, 0.1) is 5.52 Å². The zero-order valence-corrected chi connectivity index (χ0v) is 13.8. The first kappa shape index (κ1) is 15.5. The van der Waals surface area contributed by atoms with E-state index >= 15 is 0 Å². The lowest BCUT2D eigenvalue weighted by Gasteiger charge is -2.27. The van der Waals surface area contributed by atoms with E-state index in [4.69, 9.17) is 0 Å². The molecule has 1 aromatic carbocycles. The van der Waals surface area contributed by atoms with Crippen LogP contribution >= 0.6 is 0 Å². The van der Waals surface area contributed by atoms with Gasteiger partial charge in [-0.05, 0) is 31.4 Å². The summed E-state index contributed by atoms with van der Waals surface area (Å²) < 4.78 is 1.58. The molecule has 3 aromatic rings. The molecule has 4 rings (SSSR count). The summed E-state index contributed by atoms with van der Waals surface area (Å²) in [7, 11) is 0. The number of nitrogens with one attached hydrogen (secondary N) is 1. The van der Waals surface area contributed by atoms with Gasteiger partial charge in [-0.2, -0.15) is 0 Å². The normalized spacial score (nSPS) is 14.6. The topological polar surface area (TPSA) is 88.8 Å². The Hall–Kier alpha value is -3.03. The van der Waals surface area contributed by atoms with Crippen molar-refractivity contribution in [2.75, 3.05) is 23.3 Å². The number of fused-ring (bicyclic) bond motifs is 1. The molecule has 0 spiro atoms. The van der Waals surface area contributed by atoms with Gasteiger partial charge in [0.15, 0.2) is 0 Å². The van der Waals surface area contributed by atoms with E-state index in [-0.39, 0.29) is 12.5 Å². The molecule has 8 nitrogen and oxygen atoms in total. The van der Waals surface area contributed by atoms with Gasteiger partial charge in [-0.25, -0.2) is 14.6 Å². The summed E-state index contributed by atoms with van der Waals surface area (Å²) in [6, 6.07) is 9.37. The Labute approximate surface area is 144 Å². The van der Waals surface area contributed by atoms with Crippen molar-refractivity contribution in [2.24, 2.45) is 0 Å². The van der Waals surface area contributed by atoms with Crippen molar-refractivity contribution in [2.45, 2.75) is 25.8 Å². The Morgan fingerprint density at radius 3 is 2.84 bits per heavy atom. The third-order valence-electron chi connectivity index (χ3n) is 4.31. The van der Waals surface area contributed by atoms with Gasteiger partial charge in [-0.15, -0.1) is 5.10 Å². The minimum Gasteiger partial charge on any atom is -0.356 e. The van der Waals surface area contributed by atoms with Gasteiger partial charge in [0, 0.05) is 19.2 Å². The molecule has 0 unspecified atom stereocenters. The van der Waals surface area contributed by atoms with E-state index in [0.29, 0.717) is 5.82 Å². The lowest BCUT2D eigenvalue weighted by molar-refractivity contribution is -0.116. The van der Waals surface area contributed by atoms with Crippen molar-refractivity contribution in [3.8, 4) is 0 Å². The first-order valence-electron chi connectivity index (χ1n) is 8.45. The second kappa shape index (κ2) is 6.84. The van der Waals surface area contributed by atoms with E-state index in [0.717, 1.165) is 29.9 Å². The second-order valence-corrected chi connectivity index (χ2v) is 6.09. The van der Waals surface area contributed by atoms with Crippen LogP contribution < -0.4 is 10.2 Å². The lowest BCUT2D eigenvalue weighted by Crippen LogP contribution is -2.30. The molecular formula is C17H19N7O. The van der Waals surface area contributed by atoms with E-state index in [1.807, 2.05) is 30.3 Å². The first-order chi connectivity index (χ1) is 12.3. The smallest absolute Gasteiger partial charge is 0.247 e. The highest BCUT2D eigenvalue weighted by molar-refractivity contribution is 5.90. The van der Waals surface area contributed by atoms with Gasteiger partial charge in [0.1, 0.15) is 30.0 Å². The van der Waals surface area contributed by atoms with Crippen molar-refractivity contribution in [1.29, 1.82) is 0 Å². The molecule has 0 saturated carbocycles. The maximum Gasteiger partial charge on any atom is 0.247 e. The minimum atomic E-state index is -0.195. The maximum absolute atomic E-state index is 12.3. The van der Waals surface area contributed by atoms with Crippen LogP contribution in [0.5, 0.6) is 0 Å². The highest BCUT2D eigenvalue weighted by atomic mass is 16.2. The third kappa shape index (κ3) is 3.42. The van der Waals surface area contributed by atoms with Crippen molar-refractivity contribution >= 4 is 28.6 Å². The van der Waals surface area contributed by atoms with Crippen molar-refractivity contribution in [1.82, 2.24) is 25.0 Å². The molecule has 1 aliphatic rings. The highest BCUT2D eigenvalue weighted by Crippen LogP contribution is 2.19. The number of para-hydroxylation sites is 1. The molecule has 0 bridgehead atoms. The van der Waals surface area contributed by atoms with Crippen LogP contribution in [0.3, 0.4) is 0 Å². The van der Waals surface area contributed by atoms with Gasteiger partial charge >= 0.3 is 0 Å². The number of nitrogens with zero attached hydrogens (tertiary/aromatic N) is 6. The number of carbonyl (C=O) groups is 1. The Balaban J connectivity index is 1.45. The summed E-state index contributed by atoms with van der Waals surface area (Å²) in [6.07, 6.45) is 5.09. The van der Waals surface area contributed by atoms with Crippen LogP contribution in [0.1, 0.15) is 19.3 Å². The van der Waals surface area contributed by atoms with Crippen molar-refractivity contribution in [3.05, 3.63) is 36.7 Å². The van der Waals surface area contributed by atoms with Crippen LogP contribution in [0.4, 0.5) is 11.6 Å². The summed E-state index contributed by atoms with van der Waals surface area (Å²) in [5, 5.41) is 10.9. The molecule has 0 atom stereocenters. The summed E-state index contributed by atoms with van der Waals surface area (Å²) in [5.41, 5.74) is 1.60. The zero-order chi connectivity index (χ0) is 17.1. The number of benzene rings is 1. The van der Waals surface area contributed by atoms with E-state index in [1.165, 1.54) is 25.6 Å². The van der Waals surface area contributed by atoms with Crippen LogP contribution in [-0.2, 0) is 11.3 Å². The van der Waals surface area contributed by atoms with Crippen LogP contribution in [0.2, 0.25) is 0 Å². The second-order valence-electron chi connectivity index (χ2n) is 6.09. The van der Waals surface area contributed by atoms with Gasteiger partial charge in [0.25, 0.3) is 0 Å². The maximum atomic E-state index is 12.3. The van der Waals surface area contributed by atoms with Gasteiger partial charge in [-0.1, -0.05) is 17.3 Å². The first-order valence-corrected chi connectivity index (χ1v) is 8.45. The van der Waals surface area contributed by atoms with Gasteiger partial charge < -0.3 is 10.2 Å². The number of amides is 1. The fourth-order valence-electron chi connectivity index (χ4n) is 3.06. The number of aromatic nitrogens is 5. The summed E-state index contributed by atoms with van der Waals surface area (Å²) in [5.74, 6) is 1.17. The lowest BCUT2D eigenvalue weighted by atomic mass is 10.1. The summed E-state index contributed by atoms with van der Waals surface area (Å²) in [4.78, 5) is 23.0. The predicted molar refractivity (Wildman–Crippen MR) is 94.3 cm³/mol. The number of rotatable bonds is 4. The molecule has 0 radical (unpaired) electrons. The Morgan fingerprint density at radius 2 is 1.96 bits per heavy atom. The molecule has 128 valence electrons. The SMILES string of the molecule is O=C(Cn1nnc2ccccc21)Nc1cc(N2CCCCC2)ncn1. The molecule has 1 amide bonds. The number of anilines is 2. The zero-order valence-electron chi connectivity index (χ0n) is 13.8. The van der Waals surface area contributed by atoms with Crippen LogP contribution in [0, 0.1) is 0 Å². The number of hydrogen-bond acceptors (Lipinski definition) is 6. The number of hydrogen-bond donors (Lipinski definition) is 1. The standard InChI is InChI=1S/C17H19N7O/c25-17(11-24-14-7-3-2-6-13(14)21-22-24)20-15-10-16(19-12-18-15)23-8-4-1-5-9-23/h2-3,6-7,10,12H,1,4-5,8-9,11H2,(H,18,19,20,25). The van der Waals surface area contributed by atoms with E-state index < -0.39 is 0 Å². The number of carbonyl (C=O) groups excluding carboxylic acids is 1. The molecule has 1 N–H and O–H groups in total. The van der Waals surface area contributed by atoms with Crippen LogP contribution in [0.15, 0.2) is 36.7 Å².